The van der Waals surface area contributed by atoms with Crippen LogP contribution in [0.1, 0.15) is 40.5 Å². The third kappa shape index (κ3) is 8.87. The molecule has 46 heavy (non-hydrogen) atoms. The Morgan fingerprint density at radius 2 is 1.83 bits per heavy atom. The van der Waals surface area contributed by atoms with E-state index in [4.69, 9.17) is 24.9 Å². The quantitative estimate of drug-likeness (QED) is 0.254. The van der Waals surface area contributed by atoms with Crippen LogP contribution in [-0.2, 0) is 19.1 Å². The molecule has 4 N–H and O–H groups in total. The summed E-state index contributed by atoms with van der Waals surface area (Å²) in [5, 5.41) is 6.05. The molecule has 1 aliphatic rings. The van der Waals surface area contributed by atoms with Crippen molar-refractivity contribution in [1.29, 1.82) is 0 Å². The second-order valence-corrected chi connectivity index (χ2v) is 13.4. The molecule has 13 heteroatoms. The standard InChI is InChI=1S/C33H40BrN5O7/c1-19(34)30(41)36-14-13-24(38-32(43)46-33(2,3)4)31(42)39-18-22(16-27(39)29(35)40)45-28-17-25(20-9-7-6-8-10-20)37-26-15-21(44-5)11-12-23(26)28/h6-12,15,17,19,22,24,27H,13-14,16,18H2,1-5H3,(H2,35,40)(H,36,41)(H,38,43)/t19-,22+,24-,27-/m0/s1. The average molecular weight is 699 g/mol. The molecule has 4 atom stereocenters. The lowest BCUT2D eigenvalue weighted by Crippen LogP contribution is -2.54. The number of nitrogens with zero attached hydrogens (tertiary/aromatic N) is 2. The van der Waals surface area contributed by atoms with Crippen LogP contribution >= 0.6 is 15.9 Å². The highest BCUT2D eigenvalue weighted by Crippen LogP contribution is 2.34. The number of alkyl halides is 1. The van der Waals surface area contributed by atoms with Crippen molar-refractivity contribution in [3.8, 4) is 22.8 Å². The molecule has 0 spiro atoms. The molecule has 0 radical (unpaired) electrons. The van der Waals surface area contributed by atoms with Crippen LogP contribution in [0.4, 0.5) is 4.79 Å². The van der Waals surface area contributed by atoms with E-state index in [9.17, 15) is 19.2 Å². The van der Waals surface area contributed by atoms with Crippen LogP contribution in [0.25, 0.3) is 22.2 Å². The first-order valence-electron chi connectivity index (χ1n) is 15.0. The lowest BCUT2D eigenvalue weighted by atomic mass is 10.1. The summed E-state index contributed by atoms with van der Waals surface area (Å²) in [5.41, 5.74) is 7.17. The topological polar surface area (TPSA) is 162 Å². The van der Waals surface area contributed by atoms with Crippen LogP contribution < -0.4 is 25.8 Å². The molecule has 1 aliphatic heterocycles. The number of aromatic nitrogens is 1. The smallest absolute Gasteiger partial charge is 0.408 e. The summed E-state index contributed by atoms with van der Waals surface area (Å²) in [6.45, 7) is 6.90. The SMILES string of the molecule is COc1ccc2c(O[C@@H]3C[C@@H](C(N)=O)N(C(=O)[C@H](CCNC(=O)[C@H](C)Br)NC(=O)OC(C)(C)C)C3)cc(-c3ccccc3)nc2c1. The summed E-state index contributed by atoms with van der Waals surface area (Å²) in [5.74, 6) is -0.371. The normalized spacial score (nSPS) is 17.6. The number of alkyl carbamates (subject to hydrolysis) is 1. The molecule has 0 unspecified atom stereocenters. The van der Waals surface area contributed by atoms with Crippen LogP contribution in [0.15, 0.2) is 54.6 Å². The molecule has 4 rings (SSSR count). The Labute approximate surface area is 276 Å². The van der Waals surface area contributed by atoms with Crippen LogP contribution in [0.2, 0.25) is 0 Å². The zero-order valence-corrected chi connectivity index (χ0v) is 28.1. The molecule has 12 nitrogen and oxygen atoms in total. The first-order valence-corrected chi connectivity index (χ1v) is 15.9. The molecule has 1 fully saturated rings. The number of nitrogens with two attached hydrogens (primary N) is 1. The monoisotopic (exact) mass is 697 g/mol. The molecule has 4 amide bonds. The van der Waals surface area contributed by atoms with E-state index in [1.54, 1.807) is 40.9 Å². The van der Waals surface area contributed by atoms with Gasteiger partial charge in [-0.1, -0.05) is 46.3 Å². The second-order valence-electron chi connectivity index (χ2n) is 12.0. The third-order valence-electron chi connectivity index (χ3n) is 7.30. The zero-order chi connectivity index (χ0) is 33.6. The summed E-state index contributed by atoms with van der Waals surface area (Å²) < 4.78 is 17.3. The van der Waals surface area contributed by atoms with Crippen LogP contribution in [0, 0.1) is 0 Å². The van der Waals surface area contributed by atoms with Gasteiger partial charge in [-0.15, -0.1) is 0 Å². The van der Waals surface area contributed by atoms with Gasteiger partial charge in [-0.25, -0.2) is 9.78 Å². The van der Waals surface area contributed by atoms with Crippen molar-refractivity contribution in [3.63, 3.8) is 0 Å². The predicted molar refractivity (Wildman–Crippen MR) is 177 cm³/mol. The first-order chi connectivity index (χ1) is 21.8. The lowest BCUT2D eigenvalue weighted by molar-refractivity contribution is -0.139. The average Bonchev–Trinajstić information content (AvgIpc) is 3.43. The fourth-order valence-corrected chi connectivity index (χ4v) is 5.28. The predicted octanol–water partition coefficient (Wildman–Crippen LogP) is 3.93. The fraction of sp³-hybridized carbons (Fsp3) is 0.424. The number of ether oxygens (including phenoxy) is 3. The number of rotatable bonds is 11. The van der Waals surface area contributed by atoms with E-state index in [0.717, 1.165) is 10.9 Å². The number of amides is 4. The summed E-state index contributed by atoms with van der Waals surface area (Å²) in [4.78, 5) is 57.1. The van der Waals surface area contributed by atoms with Gasteiger partial charge < -0.3 is 35.5 Å². The Morgan fingerprint density at radius 3 is 2.46 bits per heavy atom. The highest BCUT2D eigenvalue weighted by Gasteiger charge is 2.42. The summed E-state index contributed by atoms with van der Waals surface area (Å²) >= 11 is 3.21. The van der Waals surface area contributed by atoms with Gasteiger partial charge in [0, 0.05) is 36.0 Å². The van der Waals surface area contributed by atoms with E-state index in [1.165, 1.54) is 4.90 Å². The number of primary amides is 1. The summed E-state index contributed by atoms with van der Waals surface area (Å²) in [6.07, 6.45) is -1.22. The van der Waals surface area contributed by atoms with E-state index in [-0.39, 0.29) is 31.8 Å². The molecular formula is C33H40BrN5O7. The highest BCUT2D eigenvalue weighted by molar-refractivity contribution is 9.10. The van der Waals surface area contributed by atoms with Gasteiger partial charge in [0.25, 0.3) is 0 Å². The number of pyridine rings is 1. The Hall–Kier alpha value is -4.39. The molecule has 0 aliphatic carbocycles. The molecule has 3 aromatic rings. The van der Waals surface area contributed by atoms with E-state index in [2.05, 4.69) is 26.6 Å². The number of hydrogen-bond donors (Lipinski definition) is 3. The maximum absolute atomic E-state index is 13.9. The molecule has 1 saturated heterocycles. The Bertz CT molecular complexity index is 1580. The molecular weight excluding hydrogens is 658 g/mol. The number of halogens is 1. The Morgan fingerprint density at radius 1 is 1.11 bits per heavy atom. The van der Waals surface area contributed by atoms with Crippen molar-refractivity contribution >= 4 is 50.6 Å². The van der Waals surface area contributed by atoms with E-state index < -0.39 is 46.5 Å². The third-order valence-corrected chi connectivity index (χ3v) is 7.71. The number of nitrogens with one attached hydrogen (secondary N) is 2. The van der Waals surface area contributed by atoms with Crippen molar-refractivity contribution in [1.82, 2.24) is 20.5 Å². The van der Waals surface area contributed by atoms with Gasteiger partial charge in [-0.05, 0) is 46.2 Å². The first kappa shape index (κ1) is 34.5. The molecule has 0 saturated carbocycles. The van der Waals surface area contributed by atoms with Crippen LogP contribution in [-0.4, -0.2) is 82.5 Å². The van der Waals surface area contributed by atoms with Crippen LogP contribution in [0.3, 0.4) is 0 Å². The highest BCUT2D eigenvalue weighted by atomic mass is 79.9. The number of carbonyl (C=O) groups is 4. The van der Waals surface area contributed by atoms with Gasteiger partial charge >= 0.3 is 6.09 Å². The minimum absolute atomic E-state index is 0.0321. The molecule has 1 aromatic heterocycles. The maximum Gasteiger partial charge on any atom is 0.408 e. The molecule has 2 aromatic carbocycles. The Kier molecular flexibility index (Phi) is 11.1. The second kappa shape index (κ2) is 14.8. The molecule has 0 bridgehead atoms. The van der Waals surface area contributed by atoms with E-state index in [1.807, 2.05) is 48.5 Å². The van der Waals surface area contributed by atoms with Crippen molar-refractivity contribution in [2.24, 2.45) is 5.73 Å². The van der Waals surface area contributed by atoms with Gasteiger partial charge in [0.05, 0.1) is 29.7 Å². The lowest BCUT2D eigenvalue weighted by Gasteiger charge is -2.28. The largest absolute Gasteiger partial charge is 0.497 e. The van der Waals surface area contributed by atoms with Crippen molar-refractivity contribution in [2.45, 2.75) is 69.2 Å². The number of methoxy groups -OCH3 is 1. The maximum atomic E-state index is 13.9. The summed E-state index contributed by atoms with van der Waals surface area (Å²) in [7, 11) is 1.58. The number of fused-ring (bicyclic) bond motifs is 1. The van der Waals surface area contributed by atoms with Gasteiger partial charge in [0.1, 0.15) is 35.3 Å². The van der Waals surface area contributed by atoms with E-state index >= 15 is 0 Å². The van der Waals surface area contributed by atoms with Crippen molar-refractivity contribution in [3.05, 3.63) is 54.6 Å². The van der Waals surface area contributed by atoms with Gasteiger partial charge in [-0.2, -0.15) is 0 Å². The van der Waals surface area contributed by atoms with Gasteiger partial charge in [-0.3, -0.25) is 14.4 Å². The summed E-state index contributed by atoms with van der Waals surface area (Å²) in [6, 6.07) is 14.8. The van der Waals surface area contributed by atoms with Gasteiger partial charge in [0.2, 0.25) is 17.7 Å². The molecule has 2 heterocycles. The van der Waals surface area contributed by atoms with Gasteiger partial charge in [0.15, 0.2) is 0 Å². The van der Waals surface area contributed by atoms with E-state index in [0.29, 0.717) is 22.7 Å². The van der Waals surface area contributed by atoms with Crippen molar-refractivity contribution < 1.29 is 33.4 Å². The zero-order valence-electron chi connectivity index (χ0n) is 26.5. The fourth-order valence-electron chi connectivity index (χ4n) is 5.12. The minimum atomic E-state index is -1.11. The number of hydrogen-bond acceptors (Lipinski definition) is 8. The minimum Gasteiger partial charge on any atom is -0.497 e. The van der Waals surface area contributed by atoms with Crippen molar-refractivity contribution in [2.75, 3.05) is 20.2 Å². The van der Waals surface area contributed by atoms with Crippen LogP contribution in [0.5, 0.6) is 11.5 Å². The number of carbonyl (C=O) groups excluding carboxylic acids is 4. The number of benzene rings is 2. The number of likely N-dealkylation sites (tertiary alicyclic amines) is 1. The Balaban J connectivity index is 1.61. The molecule has 246 valence electrons.